The summed E-state index contributed by atoms with van der Waals surface area (Å²) in [4.78, 5) is 0. The molecule has 58 heavy (non-hydrogen) atoms. The molecule has 4 heteroatoms. The first kappa shape index (κ1) is 33.2. The first-order valence-corrected chi connectivity index (χ1v) is 22.8. The standard InChI is InChI=1S/C54H36N2SSi/c1-4-17-37(18-5-1)55-48-27-13-10-23-42(48)45-26-16-30-51(52(45)55)58(39-19-6-2-7-20-39,40-21-8-3-9-22-40)41-33-31-38(32-34-41)56-49-28-14-11-24-43(49)46-35-36-47-44-25-12-15-29-50(44)57-54(47)53(46)56/h1-36H. The second kappa shape index (κ2) is 13.0. The molecule has 12 rings (SSSR count). The van der Waals surface area contributed by atoms with Crippen molar-refractivity contribution in [3.63, 3.8) is 0 Å². The fourth-order valence-corrected chi connectivity index (χ4v) is 16.0. The van der Waals surface area contributed by atoms with Gasteiger partial charge in [0.25, 0.3) is 0 Å². The van der Waals surface area contributed by atoms with E-state index in [1.165, 1.54) is 95.9 Å². The Morgan fingerprint density at radius 3 is 1.43 bits per heavy atom. The molecule has 3 heterocycles. The second-order valence-electron chi connectivity index (χ2n) is 15.2. The average Bonchev–Trinajstić information content (AvgIpc) is 3.96. The lowest BCUT2D eigenvalue weighted by atomic mass is 10.1. The van der Waals surface area contributed by atoms with Crippen LogP contribution in [0.3, 0.4) is 0 Å². The van der Waals surface area contributed by atoms with Crippen molar-refractivity contribution in [3.8, 4) is 11.4 Å². The molecule has 0 aliphatic carbocycles. The fraction of sp³-hybridized carbons (Fsp3) is 0. The molecule has 0 bridgehead atoms. The summed E-state index contributed by atoms with van der Waals surface area (Å²) in [7, 11) is -3.00. The highest BCUT2D eigenvalue weighted by molar-refractivity contribution is 7.26. The molecule has 0 saturated carbocycles. The van der Waals surface area contributed by atoms with E-state index in [9.17, 15) is 0 Å². The van der Waals surface area contributed by atoms with Crippen molar-refractivity contribution in [1.82, 2.24) is 9.13 Å². The monoisotopic (exact) mass is 772 g/mol. The van der Waals surface area contributed by atoms with Crippen LogP contribution in [0.2, 0.25) is 0 Å². The number of thiophene rings is 1. The molecule has 0 saturated heterocycles. The van der Waals surface area contributed by atoms with Crippen LogP contribution in [0.15, 0.2) is 218 Å². The zero-order valence-electron chi connectivity index (χ0n) is 31.6. The third-order valence-corrected chi connectivity index (χ3v) is 18.3. The van der Waals surface area contributed by atoms with Crippen LogP contribution in [0.1, 0.15) is 0 Å². The van der Waals surface area contributed by atoms with E-state index < -0.39 is 8.07 Å². The van der Waals surface area contributed by atoms with Crippen LogP contribution < -0.4 is 20.7 Å². The van der Waals surface area contributed by atoms with E-state index in [4.69, 9.17) is 0 Å². The van der Waals surface area contributed by atoms with Gasteiger partial charge in [-0.2, -0.15) is 0 Å². The maximum absolute atomic E-state index is 3.00. The second-order valence-corrected chi connectivity index (χ2v) is 20.0. The molecule has 0 unspecified atom stereocenters. The zero-order valence-corrected chi connectivity index (χ0v) is 33.4. The number of benzene rings is 9. The predicted octanol–water partition coefficient (Wildman–Crippen LogP) is 11.6. The van der Waals surface area contributed by atoms with Crippen LogP contribution in [0.4, 0.5) is 0 Å². The van der Waals surface area contributed by atoms with Crippen molar-refractivity contribution < 1.29 is 0 Å². The highest BCUT2D eigenvalue weighted by Gasteiger charge is 2.43. The minimum absolute atomic E-state index is 1.17. The minimum atomic E-state index is -3.00. The van der Waals surface area contributed by atoms with Crippen molar-refractivity contribution >= 4 is 104 Å². The quantitative estimate of drug-likeness (QED) is 0.118. The SMILES string of the molecule is c1ccc(-n2c3ccccc3c3cccc([Si](c4ccccc4)(c4ccccc4)c4ccc(-n5c6ccccc6c6ccc7c8ccccc8sc7c65)cc4)c32)cc1. The lowest BCUT2D eigenvalue weighted by molar-refractivity contribution is 1.18. The summed E-state index contributed by atoms with van der Waals surface area (Å²) in [5.74, 6) is 0. The molecule has 0 amide bonds. The summed E-state index contributed by atoms with van der Waals surface area (Å²) in [6, 6.07) is 81.5. The fourth-order valence-electron chi connectivity index (χ4n) is 9.87. The van der Waals surface area contributed by atoms with E-state index in [0.717, 1.165) is 0 Å². The number of rotatable bonds is 6. The van der Waals surface area contributed by atoms with E-state index in [0.29, 0.717) is 0 Å². The van der Waals surface area contributed by atoms with Gasteiger partial charge in [-0.05, 0) is 63.2 Å². The van der Waals surface area contributed by atoms with Crippen molar-refractivity contribution in [2.75, 3.05) is 0 Å². The number of fused-ring (bicyclic) bond motifs is 10. The highest BCUT2D eigenvalue weighted by Crippen LogP contribution is 2.43. The van der Waals surface area contributed by atoms with Crippen molar-refractivity contribution in [2.24, 2.45) is 0 Å². The zero-order chi connectivity index (χ0) is 38.2. The number of para-hydroxylation sites is 4. The number of hydrogen-bond donors (Lipinski definition) is 0. The van der Waals surface area contributed by atoms with Crippen LogP contribution in [-0.2, 0) is 0 Å². The molecule has 9 aromatic carbocycles. The van der Waals surface area contributed by atoms with Gasteiger partial charge in [-0.1, -0.05) is 176 Å². The first-order valence-electron chi connectivity index (χ1n) is 19.9. The Morgan fingerprint density at radius 2 is 0.776 bits per heavy atom. The van der Waals surface area contributed by atoms with Crippen LogP contribution in [0, 0.1) is 0 Å². The number of aromatic nitrogens is 2. The van der Waals surface area contributed by atoms with E-state index in [-0.39, 0.29) is 0 Å². The molecular weight excluding hydrogens is 737 g/mol. The Morgan fingerprint density at radius 1 is 0.310 bits per heavy atom. The maximum Gasteiger partial charge on any atom is 0.181 e. The Hall–Kier alpha value is -6.98. The van der Waals surface area contributed by atoms with Gasteiger partial charge in [0.15, 0.2) is 8.07 Å². The maximum atomic E-state index is 2.51. The molecule has 12 aromatic rings. The summed E-state index contributed by atoms with van der Waals surface area (Å²) in [5.41, 5.74) is 7.32. The van der Waals surface area contributed by atoms with Gasteiger partial charge in [0, 0.05) is 48.4 Å². The van der Waals surface area contributed by atoms with Gasteiger partial charge >= 0.3 is 0 Å². The Bertz CT molecular complexity index is 3450. The smallest absolute Gasteiger partial charge is 0.181 e. The molecule has 0 fully saturated rings. The van der Waals surface area contributed by atoms with Gasteiger partial charge in [-0.3, -0.25) is 0 Å². The molecule has 3 aromatic heterocycles. The summed E-state index contributed by atoms with van der Waals surface area (Å²) >= 11 is 1.90. The van der Waals surface area contributed by atoms with Gasteiger partial charge in [0.2, 0.25) is 0 Å². The van der Waals surface area contributed by atoms with E-state index in [2.05, 4.69) is 228 Å². The average molecular weight is 773 g/mol. The van der Waals surface area contributed by atoms with Crippen LogP contribution >= 0.6 is 11.3 Å². The van der Waals surface area contributed by atoms with Gasteiger partial charge in [-0.15, -0.1) is 11.3 Å². The predicted molar refractivity (Wildman–Crippen MR) is 252 cm³/mol. The minimum Gasteiger partial charge on any atom is -0.309 e. The summed E-state index contributed by atoms with van der Waals surface area (Å²) in [6.07, 6.45) is 0. The van der Waals surface area contributed by atoms with Gasteiger partial charge in [-0.25, -0.2) is 0 Å². The van der Waals surface area contributed by atoms with Gasteiger partial charge in [0.05, 0.1) is 26.8 Å². The molecule has 0 aliphatic rings. The molecular formula is C54H36N2SSi. The van der Waals surface area contributed by atoms with Crippen LogP contribution in [0.5, 0.6) is 0 Å². The molecule has 0 radical (unpaired) electrons. The van der Waals surface area contributed by atoms with E-state index in [1.807, 2.05) is 11.3 Å². The Balaban J connectivity index is 1.18. The van der Waals surface area contributed by atoms with Gasteiger partial charge in [0.1, 0.15) is 0 Å². The van der Waals surface area contributed by atoms with Gasteiger partial charge < -0.3 is 9.13 Å². The lowest BCUT2D eigenvalue weighted by Crippen LogP contribution is -2.75. The van der Waals surface area contributed by atoms with Crippen molar-refractivity contribution in [2.45, 2.75) is 0 Å². The first-order chi connectivity index (χ1) is 28.8. The molecule has 0 N–H and O–H groups in total. The topological polar surface area (TPSA) is 9.86 Å². The highest BCUT2D eigenvalue weighted by atomic mass is 32.1. The third-order valence-electron chi connectivity index (χ3n) is 12.3. The van der Waals surface area contributed by atoms with Crippen molar-refractivity contribution in [1.29, 1.82) is 0 Å². The molecule has 272 valence electrons. The number of hydrogen-bond acceptors (Lipinski definition) is 1. The number of nitrogens with zero attached hydrogens (tertiary/aromatic N) is 2. The molecule has 0 aliphatic heterocycles. The third kappa shape index (κ3) is 4.70. The Labute approximate surface area is 341 Å². The summed E-state index contributed by atoms with van der Waals surface area (Å²) in [6.45, 7) is 0. The summed E-state index contributed by atoms with van der Waals surface area (Å²) in [5, 5.41) is 13.2. The van der Waals surface area contributed by atoms with Crippen molar-refractivity contribution in [3.05, 3.63) is 218 Å². The van der Waals surface area contributed by atoms with Crippen LogP contribution in [-0.4, -0.2) is 17.2 Å². The lowest BCUT2D eigenvalue weighted by Gasteiger charge is -2.35. The molecule has 0 atom stereocenters. The van der Waals surface area contributed by atoms with E-state index >= 15 is 0 Å². The normalized spacial score (nSPS) is 12.1. The largest absolute Gasteiger partial charge is 0.309 e. The van der Waals surface area contributed by atoms with E-state index in [1.54, 1.807) is 0 Å². The van der Waals surface area contributed by atoms with Crippen LogP contribution in [0.25, 0.3) is 75.2 Å². The summed E-state index contributed by atoms with van der Waals surface area (Å²) < 4.78 is 7.67. The molecule has 0 spiro atoms. The molecule has 2 nitrogen and oxygen atoms in total. The Kier molecular flexibility index (Phi) is 7.46.